The fourth-order valence-corrected chi connectivity index (χ4v) is 2.25. The molecule has 1 amide bonds. The zero-order chi connectivity index (χ0) is 16.4. The number of fused-ring (bicyclic) bond motifs is 1. The Kier molecular flexibility index (Phi) is 3.86. The lowest BCUT2D eigenvalue weighted by molar-refractivity contribution is -0.128. The van der Waals surface area contributed by atoms with E-state index in [1.165, 1.54) is 0 Å². The Morgan fingerprint density at radius 1 is 1.13 bits per heavy atom. The third kappa shape index (κ3) is 3.23. The number of nitrogens with zero attached hydrogens (tertiary/aromatic N) is 3. The highest BCUT2D eigenvalue weighted by Gasteiger charge is 2.20. The number of imidazole rings is 1. The molecule has 0 radical (unpaired) electrons. The van der Waals surface area contributed by atoms with Crippen LogP contribution >= 0.6 is 0 Å². The fraction of sp³-hybridized carbons (Fsp3) is 0.278. The van der Waals surface area contributed by atoms with Gasteiger partial charge in [-0.1, -0.05) is 39.0 Å². The maximum atomic E-state index is 11.9. The second-order valence-corrected chi connectivity index (χ2v) is 6.56. The molecule has 0 unspecified atom stereocenters. The van der Waals surface area contributed by atoms with Crippen LogP contribution in [-0.2, 0) is 11.3 Å². The molecule has 0 atom stereocenters. The number of aromatic nitrogens is 3. The lowest BCUT2D eigenvalue weighted by atomic mass is 9.96. The summed E-state index contributed by atoms with van der Waals surface area (Å²) in [6.45, 7) is 6.17. The number of pyridine rings is 1. The highest BCUT2D eigenvalue weighted by Crippen LogP contribution is 2.17. The van der Waals surface area contributed by atoms with Crippen LogP contribution < -0.4 is 5.32 Å². The summed E-state index contributed by atoms with van der Waals surface area (Å²) in [5.41, 5.74) is 2.55. The summed E-state index contributed by atoms with van der Waals surface area (Å²) in [5, 5.41) is 2.92. The van der Waals surface area contributed by atoms with E-state index in [1.807, 2.05) is 61.7 Å². The molecule has 0 bridgehead atoms. The molecular weight excluding hydrogens is 288 g/mol. The van der Waals surface area contributed by atoms with Crippen molar-refractivity contribution in [3.63, 3.8) is 0 Å². The summed E-state index contributed by atoms with van der Waals surface area (Å²) in [6.07, 6.45) is 3.56. The second-order valence-electron chi connectivity index (χ2n) is 6.56. The summed E-state index contributed by atoms with van der Waals surface area (Å²) in [5.74, 6) is 0.840. The Balaban J connectivity index is 1.76. The Bertz CT molecular complexity index is 828. The molecule has 5 heteroatoms. The minimum Gasteiger partial charge on any atom is -0.352 e. The Morgan fingerprint density at radius 3 is 2.61 bits per heavy atom. The first-order valence-corrected chi connectivity index (χ1v) is 7.61. The van der Waals surface area contributed by atoms with Crippen molar-refractivity contribution < 1.29 is 4.79 Å². The number of amides is 1. The highest BCUT2D eigenvalue weighted by molar-refractivity contribution is 5.81. The van der Waals surface area contributed by atoms with Crippen LogP contribution in [0.5, 0.6) is 0 Å². The summed E-state index contributed by atoms with van der Waals surface area (Å²) in [6, 6.07) is 11.8. The number of para-hydroxylation sites is 2. The van der Waals surface area contributed by atoms with Gasteiger partial charge in [0.05, 0.1) is 11.0 Å². The maximum absolute atomic E-state index is 11.9. The van der Waals surface area contributed by atoms with Gasteiger partial charge in [0.25, 0.3) is 0 Å². The molecule has 0 aliphatic carbocycles. The van der Waals surface area contributed by atoms with Gasteiger partial charge in [-0.2, -0.15) is 0 Å². The molecule has 1 aromatic carbocycles. The molecule has 3 rings (SSSR count). The largest absolute Gasteiger partial charge is 0.352 e. The van der Waals surface area contributed by atoms with Gasteiger partial charge in [0.1, 0.15) is 12.1 Å². The third-order valence-corrected chi connectivity index (χ3v) is 3.64. The van der Waals surface area contributed by atoms with Crippen molar-refractivity contribution in [1.29, 1.82) is 0 Å². The molecular formula is C18H20N4O. The van der Waals surface area contributed by atoms with Crippen LogP contribution in [0.25, 0.3) is 16.9 Å². The smallest absolute Gasteiger partial charge is 0.225 e. The molecule has 2 aromatic heterocycles. The topological polar surface area (TPSA) is 59.8 Å². The monoisotopic (exact) mass is 308 g/mol. The molecule has 23 heavy (non-hydrogen) atoms. The van der Waals surface area contributed by atoms with Gasteiger partial charge in [0.15, 0.2) is 0 Å². The van der Waals surface area contributed by atoms with Crippen molar-refractivity contribution in [1.82, 2.24) is 19.9 Å². The lowest BCUT2D eigenvalue weighted by Crippen LogP contribution is -2.34. The van der Waals surface area contributed by atoms with Crippen molar-refractivity contribution in [2.75, 3.05) is 0 Å². The van der Waals surface area contributed by atoms with Crippen LogP contribution in [0.4, 0.5) is 0 Å². The van der Waals surface area contributed by atoms with Gasteiger partial charge >= 0.3 is 0 Å². The normalized spacial score (nSPS) is 11.6. The molecule has 0 saturated carbocycles. The van der Waals surface area contributed by atoms with E-state index in [0.717, 1.165) is 22.4 Å². The minimum atomic E-state index is -0.386. The molecule has 118 valence electrons. The van der Waals surface area contributed by atoms with E-state index in [0.29, 0.717) is 6.54 Å². The van der Waals surface area contributed by atoms with E-state index >= 15 is 0 Å². The number of carbonyl (C=O) groups excluding carboxylic acids is 1. The van der Waals surface area contributed by atoms with Crippen LogP contribution in [0.1, 0.15) is 26.3 Å². The molecule has 0 spiro atoms. The van der Waals surface area contributed by atoms with E-state index in [4.69, 9.17) is 0 Å². The number of hydrogen-bond donors (Lipinski definition) is 1. The average molecular weight is 308 g/mol. The van der Waals surface area contributed by atoms with Crippen LogP contribution in [0, 0.1) is 5.41 Å². The first-order valence-electron chi connectivity index (χ1n) is 7.61. The molecule has 0 saturated heterocycles. The second kappa shape index (κ2) is 5.83. The van der Waals surface area contributed by atoms with Gasteiger partial charge in [-0.3, -0.25) is 9.36 Å². The van der Waals surface area contributed by atoms with Crippen LogP contribution in [0.15, 0.2) is 48.9 Å². The van der Waals surface area contributed by atoms with Gasteiger partial charge in [-0.25, -0.2) is 9.97 Å². The minimum absolute atomic E-state index is 0.0298. The Hall–Kier alpha value is -2.69. The molecule has 0 aliphatic heterocycles. The summed E-state index contributed by atoms with van der Waals surface area (Å²) < 4.78 is 1.95. The fourth-order valence-electron chi connectivity index (χ4n) is 2.25. The predicted octanol–water partition coefficient (Wildman–Crippen LogP) is 3.08. The van der Waals surface area contributed by atoms with Crippen molar-refractivity contribution in [2.24, 2.45) is 5.41 Å². The van der Waals surface area contributed by atoms with Gasteiger partial charge in [0.2, 0.25) is 5.91 Å². The molecule has 5 nitrogen and oxygen atoms in total. The average Bonchev–Trinajstić information content (AvgIpc) is 2.96. The predicted molar refractivity (Wildman–Crippen MR) is 90.2 cm³/mol. The Morgan fingerprint density at radius 2 is 1.91 bits per heavy atom. The summed E-state index contributed by atoms with van der Waals surface area (Å²) in [4.78, 5) is 20.7. The van der Waals surface area contributed by atoms with Crippen LogP contribution in [-0.4, -0.2) is 20.4 Å². The van der Waals surface area contributed by atoms with Gasteiger partial charge in [-0.15, -0.1) is 0 Å². The number of hydrogen-bond acceptors (Lipinski definition) is 3. The quantitative estimate of drug-likeness (QED) is 0.809. The van der Waals surface area contributed by atoms with Crippen LogP contribution in [0.3, 0.4) is 0 Å². The van der Waals surface area contributed by atoms with Crippen molar-refractivity contribution in [3.05, 3.63) is 54.5 Å². The van der Waals surface area contributed by atoms with Gasteiger partial charge in [0, 0.05) is 18.2 Å². The van der Waals surface area contributed by atoms with E-state index in [-0.39, 0.29) is 11.3 Å². The molecule has 2 heterocycles. The summed E-state index contributed by atoms with van der Waals surface area (Å²) >= 11 is 0. The van der Waals surface area contributed by atoms with E-state index < -0.39 is 0 Å². The maximum Gasteiger partial charge on any atom is 0.225 e. The molecule has 0 fully saturated rings. The number of benzene rings is 1. The molecule has 3 aromatic rings. The highest BCUT2D eigenvalue weighted by atomic mass is 16.2. The van der Waals surface area contributed by atoms with Crippen molar-refractivity contribution in [2.45, 2.75) is 27.3 Å². The van der Waals surface area contributed by atoms with Gasteiger partial charge < -0.3 is 5.32 Å². The summed E-state index contributed by atoms with van der Waals surface area (Å²) in [7, 11) is 0. The number of rotatable bonds is 3. The zero-order valence-corrected chi connectivity index (χ0v) is 13.6. The Labute approximate surface area is 135 Å². The van der Waals surface area contributed by atoms with Crippen molar-refractivity contribution >= 4 is 16.9 Å². The number of carbonyl (C=O) groups is 1. The van der Waals surface area contributed by atoms with E-state index in [2.05, 4.69) is 15.3 Å². The third-order valence-electron chi connectivity index (χ3n) is 3.64. The molecule has 0 aliphatic rings. The number of nitrogens with one attached hydrogen (secondary N) is 1. The molecule has 1 N–H and O–H groups in total. The van der Waals surface area contributed by atoms with E-state index in [1.54, 1.807) is 12.5 Å². The standard InChI is InChI=1S/C18H20N4O/c1-18(2,3)17(23)20-11-13-8-9-16(19-10-13)22-12-21-14-6-4-5-7-15(14)22/h4-10,12H,11H2,1-3H3,(H,20,23). The van der Waals surface area contributed by atoms with Gasteiger partial charge in [-0.05, 0) is 23.8 Å². The van der Waals surface area contributed by atoms with Crippen LogP contribution in [0.2, 0.25) is 0 Å². The van der Waals surface area contributed by atoms with E-state index in [9.17, 15) is 4.79 Å². The zero-order valence-electron chi connectivity index (χ0n) is 13.6. The first kappa shape index (κ1) is 15.2. The lowest BCUT2D eigenvalue weighted by Gasteiger charge is -2.17. The first-order chi connectivity index (χ1) is 10.9. The van der Waals surface area contributed by atoms with Crippen molar-refractivity contribution in [3.8, 4) is 5.82 Å². The SMILES string of the molecule is CC(C)(C)C(=O)NCc1ccc(-n2cnc3ccccc32)nc1.